The van der Waals surface area contributed by atoms with Gasteiger partial charge in [0.2, 0.25) is 0 Å². The van der Waals surface area contributed by atoms with Crippen LogP contribution < -0.4 is 5.32 Å². The van der Waals surface area contributed by atoms with Crippen LogP contribution in [0.2, 0.25) is 0 Å². The number of hydrogen-bond donors (Lipinski definition) is 4. The van der Waals surface area contributed by atoms with Gasteiger partial charge in [-0.1, -0.05) is 13.8 Å². The fraction of sp³-hybridized carbons (Fsp3) is 0.875. The monoisotopic (exact) mass is 193 g/mol. The molecule has 13 heavy (non-hydrogen) atoms. The first-order valence-electron chi connectivity index (χ1n) is 4.43. The fourth-order valence-electron chi connectivity index (χ4n) is 0.807. The Morgan fingerprint density at radius 2 is 1.54 bits per heavy atom. The summed E-state index contributed by atoms with van der Waals surface area (Å²) in [5.41, 5.74) is 0. The van der Waals surface area contributed by atoms with E-state index in [1.165, 1.54) is 0 Å². The summed E-state index contributed by atoms with van der Waals surface area (Å²) in [4.78, 5) is 8.56. The van der Waals surface area contributed by atoms with E-state index in [1.54, 1.807) is 0 Å². The Balaban J connectivity index is 0. The van der Waals surface area contributed by atoms with Crippen LogP contribution in [0.5, 0.6) is 0 Å². The van der Waals surface area contributed by atoms with Gasteiger partial charge in [0.1, 0.15) is 0 Å². The molecule has 5 heteroatoms. The zero-order valence-corrected chi connectivity index (χ0v) is 8.16. The van der Waals surface area contributed by atoms with Gasteiger partial charge in [-0.2, -0.15) is 0 Å². The van der Waals surface area contributed by atoms with Gasteiger partial charge in [0.15, 0.2) is 0 Å². The molecular formula is C8H19NO4. The smallest absolute Gasteiger partial charge is 0.450 e. The van der Waals surface area contributed by atoms with Crippen molar-refractivity contribution in [3.63, 3.8) is 0 Å². The van der Waals surface area contributed by atoms with E-state index in [4.69, 9.17) is 20.1 Å². The second-order valence-corrected chi connectivity index (χ2v) is 2.26. The molecule has 5 nitrogen and oxygen atoms in total. The van der Waals surface area contributed by atoms with E-state index in [9.17, 15) is 0 Å². The number of nitrogens with one attached hydrogen (secondary N) is 1. The zero-order valence-electron chi connectivity index (χ0n) is 8.16. The van der Waals surface area contributed by atoms with Crippen molar-refractivity contribution in [1.82, 2.24) is 5.32 Å². The lowest BCUT2D eigenvalue weighted by Crippen LogP contribution is -2.30. The second kappa shape index (κ2) is 11.2. The average Bonchev–Trinajstić information content (AvgIpc) is 2.08. The van der Waals surface area contributed by atoms with Crippen molar-refractivity contribution in [1.29, 1.82) is 0 Å². The number of aliphatic hydroxyl groups is 1. The van der Waals surface area contributed by atoms with Crippen LogP contribution >= 0.6 is 0 Å². The van der Waals surface area contributed by atoms with Crippen LogP contribution in [0, 0.1) is 0 Å². The largest absolute Gasteiger partial charge is 0.503 e. The molecule has 1 aliphatic heterocycles. The summed E-state index contributed by atoms with van der Waals surface area (Å²) in [6, 6.07) is 0. The molecule has 1 heterocycles. The minimum atomic E-state index is -1.83. The molecule has 0 spiro atoms. The lowest BCUT2D eigenvalue weighted by atomic mass is 10.1. The molecule has 1 rings (SSSR count). The molecule has 0 unspecified atom stereocenters. The van der Waals surface area contributed by atoms with Crippen LogP contribution in [0.25, 0.3) is 0 Å². The maximum absolute atomic E-state index is 8.87. The van der Waals surface area contributed by atoms with E-state index in [2.05, 4.69) is 5.32 Å². The summed E-state index contributed by atoms with van der Waals surface area (Å²) in [5.74, 6) is 0. The third-order valence-electron chi connectivity index (χ3n) is 1.31. The van der Waals surface area contributed by atoms with Crippen molar-refractivity contribution in [2.45, 2.75) is 32.8 Å². The number of carboxylic acid groups (broad SMARTS) is 2. The number of carbonyl (C=O) groups is 1. The highest BCUT2D eigenvalue weighted by Crippen LogP contribution is 1.99. The highest BCUT2D eigenvalue weighted by molar-refractivity contribution is 5.53. The Morgan fingerprint density at radius 1 is 1.23 bits per heavy atom. The summed E-state index contributed by atoms with van der Waals surface area (Å²) in [6.45, 7) is 5.97. The van der Waals surface area contributed by atoms with E-state index in [0.29, 0.717) is 0 Å². The van der Waals surface area contributed by atoms with Gasteiger partial charge < -0.3 is 20.6 Å². The number of aliphatic hydroxyl groups excluding tert-OH is 1. The summed E-state index contributed by atoms with van der Waals surface area (Å²) in [5, 5.41) is 26.0. The Bertz CT molecular complexity index is 109. The number of hydrogen-bond acceptors (Lipinski definition) is 3. The van der Waals surface area contributed by atoms with Crippen LogP contribution in [0.4, 0.5) is 4.79 Å². The highest BCUT2D eigenvalue weighted by atomic mass is 16.6. The molecule has 0 aromatic rings. The minimum Gasteiger partial charge on any atom is -0.450 e. The van der Waals surface area contributed by atoms with Gasteiger partial charge in [-0.05, 0) is 25.9 Å². The number of rotatable bonds is 0. The van der Waals surface area contributed by atoms with Gasteiger partial charge in [-0.25, -0.2) is 4.79 Å². The molecule has 0 bridgehead atoms. The molecule has 0 atom stereocenters. The Hall–Kier alpha value is -0.810. The predicted octanol–water partition coefficient (Wildman–Crippen LogP) is 0.979. The molecular weight excluding hydrogens is 174 g/mol. The van der Waals surface area contributed by atoms with Gasteiger partial charge in [0.25, 0.3) is 0 Å². The molecule has 0 aromatic heterocycles. The lowest BCUT2D eigenvalue weighted by Gasteiger charge is -2.16. The summed E-state index contributed by atoms with van der Waals surface area (Å²) >= 11 is 0. The van der Waals surface area contributed by atoms with Crippen LogP contribution in [0.15, 0.2) is 0 Å². The summed E-state index contributed by atoms with van der Waals surface area (Å²) in [7, 11) is 0. The standard InChI is InChI=1S/C5H11NO.C2H6.CH2O3/c7-5-1-3-6-4-2-5;1-2;2-1(3)4/h5-7H,1-4H2;1-2H3;(H2,2,3,4). The summed E-state index contributed by atoms with van der Waals surface area (Å²) < 4.78 is 0. The first kappa shape index (κ1) is 14.7. The average molecular weight is 193 g/mol. The summed E-state index contributed by atoms with van der Waals surface area (Å²) in [6.07, 6.45) is 0.00116. The van der Waals surface area contributed by atoms with E-state index in [0.717, 1.165) is 25.9 Å². The Morgan fingerprint density at radius 3 is 1.69 bits per heavy atom. The minimum absolute atomic E-state index is 0.0266. The van der Waals surface area contributed by atoms with Gasteiger partial charge in [0.05, 0.1) is 6.10 Å². The molecule has 1 saturated heterocycles. The quantitative estimate of drug-likeness (QED) is 0.460. The molecule has 0 radical (unpaired) electrons. The third-order valence-corrected chi connectivity index (χ3v) is 1.31. The van der Waals surface area contributed by atoms with Crippen molar-refractivity contribution in [2.75, 3.05) is 13.1 Å². The molecule has 4 N–H and O–H groups in total. The second-order valence-electron chi connectivity index (χ2n) is 2.26. The van der Waals surface area contributed by atoms with E-state index >= 15 is 0 Å². The van der Waals surface area contributed by atoms with Gasteiger partial charge in [-0.15, -0.1) is 0 Å². The Labute approximate surface area is 78.4 Å². The molecule has 1 fully saturated rings. The molecule has 0 amide bonds. The zero-order chi connectivity index (χ0) is 10.7. The first-order chi connectivity index (χ1) is 6.13. The molecule has 1 aliphatic rings. The maximum atomic E-state index is 8.87. The van der Waals surface area contributed by atoms with E-state index < -0.39 is 6.16 Å². The van der Waals surface area contributed by atoms with Crippen LogP contribution in [0.1, 0.15) is 26.7 Å². The highest BCUT2D eigenvalue weighted by Gasteiger charge is 2.06. The molecule has 0 aliphatic carbocycles. The van der Waals surface area contributed by atoms with Gasteiger partial charge in [0, 0.05) is 0 Å². The van der Waals surface area contributed by atoms with Crippen molar-refractivity contribution in [3.8, 4) is 0 Å². The van der Waals surface area contributed by atoms with Crippen molar-refractivity contribution in [3.05, 3.63) is 0 Å². The number of piperidine rings is 1. The van der Waals surface area contributed by atoms with Gasteiger partial charge in [-0.3, -0.25) is 0 Å². The molecule has 0 aromatic carbocycles. The van der Waals surface area contributed by atoms with Crippen LogP contribution in [-0.2, 0) is 0 Å². The first-order valence-corrected chi connectivity index (χ1v) is 4.43. The Kier molecular flexibility index (Phi) is 12.7. The maximum Gasteiger partial charge on any atom is 0.503 e. The molecule has 0 saturated carbocycles. The fourth-order valence-corrected chi connectivity index (χ4v) is 0.807. The van der Waals surface area contributed by atoms with Crippen molar-refractivity contribution >= 4 is 6.16 Å². The van der Waals surface area contributed by atoms with Crippen LogP contribution in [0.3, 0.4) is 0 Å². The van der Waals surface area contributed by atoms with Crippen molar-refractivity contribution in [2.24, 2.45) is 0 Å². The van der Waals surface area contributed by atoms with Crippen molar-refractivity contribution < 1.29 is 20.1 Å². The lowest BCUT2D eigenvalue weighted by molar-refractivity contribution is 0.136. The van der Waals surface area contributed by atoms with Crippen LogP contribution in [-0.4, -0.2) is 40.7 Å². The molecule has 80 valence electrons. The SMILES string of the molecule is CC.O=C(O)O.OC1CCNCC1. The van der Waals surface area contributed by atoms with E-state index in [1.807, 2.05) is 13.8 Å². The van der Waals surface area contributed by atoms with Gasteiger partial charge >= 0.3 is 6.16 Å². The topological polar surface area (TPSA) is 89.8 Å². The third kappa shape index (κ3) is 18.3. The normalized spacial score (nSPS) is 15.9. The predicted molar refractivity (Wildman–Crippen MR) is 50.1 cm³/mol. The van der Waals surface area contributed by atoms with E-state index in [-0.39, 0.29) is 6.10 Å².